The first kappa shape index (κ1) is 21.8. The molecule has 0 atom stereocenters. The van der Waals surface area contributed by atoms with Crippen molar-refractivity contribution in [2.45, 2.75) is 24.2 Å². The van der Waals surface area contributed by atoms with E-state index in [9.17, 15) is 26.4 Å². The Balaban J connectivity index is 1.41. The third-order valence-corrected chi connectivity index (χ3v) is 8.19. The van der Waals surface area contributed by atoms with Crippen molar-refractivity contribution in [3.8, 4) is 0 Å². The zero-order valence-corrected chi connectivity index (χ0v) is 18.3. The molecule has 6 nitrogen and oxygen atoms in total. The van der Waals surface area contributed by atoms with Crippen molar-refractivity contribution < 1.29 is 26.4 Å². The second kappa shape index (κ2) is 8.11. The molecule has 2 heterocycles. The van der Waals surface area contributed by atoms with Crippen LogP contribution >= 0.6 is 0 Å². The number of para-hydroxylation sites is 1. The van der Waals surface area contributed by atoms with Gasteiger partial charge < -0.3 is 4.90 Å². The first-order valence-electron chi connectivity index (χ1n) is 10.6. The summed E-state index contributed by atoms with van der Waals surface area (Å²) in [5.41, 5.74) is 3.22. The van der Waals surface area contributed by atoms with Crippen LogP contribution in [0.25, 0.3) is 10.9 Å². The summed E-state index contributed by atoms with van der Waals surface area (Å²) in [4.78, 5) is 18.9. The molecule has 0 N–H and O–H groups in total. The molecule has 33 heavy (non-hydrogen) atoms. The number of aromatic nitrogens is 1. The molecule has 1 aromatic heterocycles. The second-order valence-electron chi connectivity index (χ2n) is 8.15. The van der Waals surface area contributed by atoms with Crippen LogP contribution in [0.1, 0.15) is 28.0 Å². The average Bonchev–Trinajstić information content (AvgIpc) is 3.28. The zero-order chi connectivity index (χ0) is 23.3. The van der Waals surface area contributed by atoms with Gasteiger partial charge in [0.15, 0.2) is 17.5 Å². The second-order valence-corrected chi connectivity index (χ2v) is 10.1. The molecule has 1 aliphatic carbocycles. The van der Waals surface area contributed by atoms with Gasteiger partial charge in [0.25, 0.3) is 5.91 Å². The molecule has 5 rings (SSSR count). The van der Waals surface area contributed by atoms with Gasteiger partial charge >= 0.3 is 0 Å². The highest BCUT2D eigenvalue weighted by molar-refractivity contribution is 7.89. The number of halogens is 3. The summed E-state index contributed by atoms with van der Waals surface area (Å²) in [6.45, 7) is 0.0129. The Bertz CT molecular complexity index is 1390. The van der Waals surface area contributed by atoms with Crippen molar-refractivity contribution in [1.82, 2.24) is 14.2 Å². The number of pyridine rings is 1. The van der Waals surface area contributed by atoms with E-state index in [1.807, 2.05) is 24.3 Å². The third kappa shape index (κ3) is 3.57. The molecule has 0 unspecified atom stereocenters. The number of amides is 1. The van der Waals surface area contributed by atoms with Gasteiger partial charge in [0.1, 0.15) is 4.90 Å². The van der Waals surface area contributed by atoms with Gasteiger partial charge in [-0.15, -0.1) is 0 Å². The van der Waals surface area contributed by atoms with E-state index in [1.54, 1.807) is 4.90 Å². The van der Waals surface area contributed by atoms with Gasteiger partial charge in [0.05, 0.1) is 11.1 Å². The van der Waals surface area contributed by atoms with Gasteiger partial charge in [0, 0.05) is 37.3 Å². The molecule has 2 aliphatic rings. The topological polar surface area (TPSA) is 70.6 Å². The lowest BCUT2D eigenvalue weighted by Gasteiger charge is -2.34. The highest BCUT2D eigenvalue weighted by Crippen LogP contribution is 2.31. The highest BCUT2D eigenvalue weighted by atomic mass is 32.2. The van der Waals surface area contributed by atoms with E-state index in [1.165, 1.54) is 0 Å². The first-order chi connectivity index (χ1) is 15.8. The van der Waals surface area contributed by atoms with E-state index in [4.69, 9.17) is 4.98 Å². The monoisotopic (exact) mass is 475 g/mol. The number of hydrogen-bond donors (Lipinski definition) is 0. The van der Waals surface area contributed by atoms with Gasteiger partial charge in [-0.3, -0.25) is 9.78 Å². The summed E-state index contributed by atoms with van der Waals surface area (Å²) in [7, 11) is -4.39. The zero-order valence-electron chi connectivity index (χ0n) is 17.5. The molecule has 1 fully saturated rings. The van der Waals surface area contributed by atoms with Crippen LogP contribution in [-0.4, -0.2) is 54.7 Å². The predicted molar refractivity (Wildman–Crippen MR) is 115 cm³/mol. The highest BCUT2D eigenvalue weighted by Gasteiger charge is 2.35. The number of carbonyl (C=O) groups excluding carboxylic acids is 1. The van der Waals surface area contributed by atoms with E-state index in [2.05, 4.69) is 0 Å². The Morgan fingerprint density at radius 2 is 1.64 bits per heavy atom. The molecule has 0 saturated carbocycles. The number of rotatable bonds is 3. The van der Waals surface area contributed by atoms with Crippen molar-refractivity contribution in [3.05, 3.63) is 70.7 Å². The fourth-order valence-corrected chi connectivity index (χ4v) is 6.07. The number of aryl methyl sites for hydroxylation is 1. The summed E-state index contributed by atoms with van der Waals surface area (Å²) in [5, 5.41) is 0.766. The molecule has 10 heteroatoms. The summed E-state index contributed by atoms with van der Waals surface area (Å²) >= 11 is 0. The first-order valence-corrected chi connectivity index (χ1v) is 12.1. The number of hydrogen-bond acceptors (Lipinski definition) is 4. The minimum Gasteiger partial charge on any atom is -0.336 e. The van der Waals surface area contributed by atoms with Crippen molar-refractivity contribution in [1.29, 1.82) is 0 Å². The van der Waals surface area contributed by atoms with Gasteiger partial charge in [-0.1, -0.05) is 18.2 Å². The number of fused-ring (bicyclic) bond motifs is 2. The molecule has 2 aromatic carbocycles. The fraction of sp³-hybridized carbons (Fsp3) is 0.304. The van der Waals surface area contributed by atoms with Crippen molar-refractivity contribution in [2.24, 2.45) is 0 Å². The van der Waals surface area contributed by atoms with Crippen LogP contribution < -0.4 is 0 Å². The van der Waals surface area contributed by atoms with Gasteiger partial charge in [0.2, 0.25) is 10.0 Å². The lowest BCUT2D eigenvalue weighted by molar-refractivity contribution is 0.0698. The van der Waals surface area contributed by atoms with Crippen LogP contribution in [0.15, 0.2) is 41.3 Å². The number of sulfonamides is 1. The lowest BCUT2D eigenvalue weighted by atomic mass is 10.00. The van der Waals surface area contributed by atoms with Crippen molar-refractivity contribution in [3.63, 3.8) is 0 Å². The molecule has 3 aromatic rings. The molecule has 0 radical (unpaired) electrons. The van der Waals surface area contributed by atoms with E-state index in [0.717, 1.165) is 45.7 Å². The maximum absolute atomic E-state index is 14.1. The van der Waals surface area contributed by atoms with E-state index in [-0.39, 0.29) is 32.1 Å². The number of carbonyl (C=O) groups is 1. The van der Waals surface area contributed by atoms with Gasteiger partial charge in [-0.05, 0) is 43.0 Å². The molecule has 172 valence electrons. The molecule has 0 spiro atoms. The number of piperazine rings is 1. The maximum Gasteiger partial charge on any atom is 0.254 e. The van der Waals surface area contributed by atoms with Crippen LogP contribution in [-0.2, 0) is 22.9 Å². The summed E-state index contributed by atoms with van der Waals surface area (Å²) in [6.07, 6.45) is 2.50. The third-order valence-electron chi connectivity index (χ3n) is 6.28. The van der Waals surface area contributed by atoms with Crippen LogP contribution in [0.3, 0.4) is 0 Å². The number of benzene rings is 2. The van der Waals surface area contributed by atoms with Crippen LogP contribution in [0.5, 0.6) is 0 Å². The van der Waals surface area contributed by atoms with Crippen LogP contribution in [0.2, 0.25) is 0 Å². The normalized spacial score (nSPS) is 16.9. The van der Waals surface area contributed by atoms with Gasteiger partial charge in [-0.2, -0.15) is 4.31 Å². The lowest BCUT2D eigenvalue weighted by Crippen LogP contribution is -2.50. The molecule has 0 bridgehead atoms. The summed E-state index contributed by atoms with van der Waals surface area (Å²) in [5.74, 6) is -5.22. The summed E-state index contributed by atoms with van der Waals surface area (Å²) in [6, 6.07) is 8.74. The van der Waals surface area contributed by atoms with E-state index >= 15 is 0 Å². The predicted octanol–water partition coefficient (Wildman–Crippen LogP) is 3.29. The summed E-state index contributed by atoms with van der Waals surface area (Å²) < 4.78 is 67.6. The molecule has 1 amide bonds. The van der Waals surface area contributed by atoms with E-state index < -0.39 is 32.4 Å². The minimum atomic E-state index is -4.39. The largest absolute Gasteiger partial charge is 0.336 e. The van der Waals surface area contributed by atoms with Crippen LogP contribution in [0.4, 0.5) is 13.2 Å². The molecular formula is C23H20F3N3O3S. The quantitative estimate of drug-likeness (QED) is 0.545. The standard InChI is InChI=1S/C23H20F3N3O3S/c24-16-8-9-19(22(26)21(16)25)33(31,32)29-12-10-28(11-13-29)23(30)20-14-4-1-2-6-17(14)27-18-7-3-5-15(18)20/h1-2,4,6,8-9H,3,5,7,10-13H2. The minimum absolute atomic E-state index is 0.0856. The maximum atomic E-state index is 14.1. The smallest absolute Gasteiger partial charge is 0.254 e. The molecule has 1 aliphatic heterocycles. The Kier molecular flexibility index (Phi) is 5.37. The molecule has 1 saturated heterocycles. The Morgan fingerprint density at radius 3 is 2.39 bits per heavy atom. The van der Waals surface area contributed by atoms with Crippen molar-refractivity contribution in [2.75, 3.05) is 26.2 Å². The Hall–Kier alpha value is -2.98. The Labute approximate surface area is 188 Å². The van der Waals surface area contributed by atoms with Crippen molar-refractivity contribution >= 4 is 26.8 Å². The Morgan fingerprint density at radius 1 is 0.909 bits per heavy atom. The number of nitrogens with zero attached hydrogens (tertiary/aromatic N) is 3. The fourth-order valence-electron chi connectivity index (χ4n) is 4.59. The molecular weight excluding hydrogens is 455 g/mol. The van der Waals surface area contributed by atoms with Crippen LogP contribution in [0, 0.1) is 17.5 Å². The average molecular weight is 475 g/mol. The van der Waals surface area contributed by atoms with Gasteiger partial charge in [-0.25, -0.2) is 21.6 Å². The SMILES string of the molecule is O=C(c1c2c(nc3ccccc13)CCC2)N1CCN(S(=O)(=O)c2ccc(F)c(F)c2F)CC1. The van der Waals surface area contributed by atoms with E-state index in [0.29, 0.717) is 17.7 Å².